The molecule has 6 nitrogen and oxygen atoms in total. The first-order valence-electron chi connectivity index (χ1n) is 8.74. The molecule has 6 heteroatoms. The molecule has 1 fully saturated rings. The Morgan fingerprint density at radius 1 is 1.12 bits per heavy atom. The van der Waals surface area contributed by atoms with Crippen LogP contribution in [0.5, 0.6) is 0 Å². The summed E-state index contributed by atoms with van der Waals surface area (Å²) in [5.74, 6) is 0.716. The average Bonchev–Trinajstić information content (AvgIpc) is 2.63. The van der Waals surface area contributed by atoms with Crippen LogP contribution in [0, 0.1) is 6.92 Å². The minimum Gasteiger partial charge on any atom is -0.353 e. The fourth-order valence-corrected chi connectivity index (χ4v) is 3.02. The summed E-state index contributed by atoms with van der Waals surface area (Å²) in [5.41, 5.74) is 2.39. The Balaban J connectivity index is 1.75. The van der Waals surface area contributed by atoms with Crippen molar-refractivity contribution < 1.29 is 4.79 Å². The van der Waals surface area contributed by atoms with Gasteiger partial charge >= 0.3 is 0 Å². The fraction of sp³-hybridized carbons (Fsp3) is 0.421. The summed E-state index contributed by atoms with van der Waals surface area (Å²) in [5, 5.41) is 8.48. The van der Waals surface area contributed by atoms with Crippen LogP contribution in [0.2, 0.25) is 0 Å². The molecule has 1 aliphatic heterocycles. The number of aryl methyl sites for hydroxylation is 1. The van der Waals surface area contributed by atoms with Gasteiger partial charge in [0.1, 0.15) is 0 Å². The highest BCUT2D eigenvalue weighted by Crippen LogP contribution is 2.19. The molecule has 0 N–H and O–H groups in total. The zero-order chi connectivity index (χ0) is 17.8. The summed E-state index contributed by atoms with van der Waals surface area (Å²) in [6.45, 7) is 8.47. The molecule has 2 aromatic rings. The molecule has 0 aliphatic carbocycles. The standard InChI is InChI=1S/C19H25N5O/c1-4-24(16-7-5-6-15(2)14-16)19(25)17-8-9-18(21-20-17)23-12-10-22(3)11-13-23/h5-9,14H,4,10-13H2,1-3H3. The number of anilines is 2. The van der Waals surface area contributed by atoms with Crippen molar-refractivity contribution in [1.82, 2.24) is 15.1 Å². The number of hydrogen-bond acceptors (Lipinski definition) is 5. The van der Waals surface area contributed by atoms with Crippen LogP contribution in [0.3, 0.4) is 0 Å². The number of amides is 1. The van der Waals surface area contributed by atoms with Gasteiger partial charge in [-0.05, 0) is 50.7 Å². The second-order valence-corrected chi connectivity index (χ2v) is 6.46. The summed E-state index contributed by atoms with van der Waals surface area (Å²) >= 11 is 0. The Bertz CT molecular complexity index is 723. The minimum atomic E-state index is -0.120. The van der Waals surface area contributed by atoms with E-state index in [1.807, 2.05) is 44.2 Å². The number of hydrogen-bond donors (Lipinski definition) is 0. The first-order chi connectivity index (χ1) is 12.1. The van der Waals surface area contributed by atoms with Crippen LogP contribution in [-0.4, -0.2) is 60.8 Å². The molecule has 1 aromatic heterocycles. The van der Waals surface area contributed by atoms with Crippen molar-refractivity contribution in [3.05, 3.63) is 47.7 Å². The van der Waals surface area contributed by atoms with Gasteiger partial charge in [0.25, 0.3) is 5.91 Å². The van der Waals surface area contributed by atoms with Gasteiger partial charge in [-0.1, -0.05) is 12.1 Å². The van der Waals surface area contributed by atoms with Gasteiger partial charge in [-0.3, -0.25) is 4.79 Å². The summed E-state index contributed by atoms with van der Waals surface area (Å²) in [7, 11) is 2.12. The Kier molecular flexibility index (Phi) is 5.28. The van der Waals surface area contributed by atoms with Gasteiger partial charge in [0.15, 0.2) is 11.5 Å². The van der Waals surface area contributed by atoms with Crippen molar-refractivity contribution in [3.8, 4) is 0 Å². The summed E-state index contributed by atoms with van der Waals surface area (Å²) in [6.07, 6.45) is 0. The molecule has 1 saturated heterocycles. The largest absolute Gasteiger partial charge is 0.353 e. The Hall–Kier alpha value is -2.47. The molecule has 0 atom stereocenters. The topological polar surface area (TPSA) is 52.6 Å². The Morgan fingerprint density at radius 3 is 2.48 bits per heavy atom. The molecular formula is C19H25N5O. The van der Waals surface area contributed by atoms with Crippen LogP contribution in [0.4, 0.5) is 11.5 Å². The quantitative estimate of drug-likeness (QED) is 0.855. The van der Waals surface area contributed by atoms with Crippen LogP contribution in [0.25, 0.3) is 0 Å². The molecule has 0 spiro atoms. The molecule has 0 bridgehead atoms. The summed E-state index contributed by atoms with van der Waals surface area (Å²) in [4.78, 5) is 19.1. The first kappa shape index (κ1) is 17.4. The van der Waals surface area contributed by atoms with Gasteiger partial charge < -0.3 is 14.7 Å². The van der Waals surface area contributed by atoms with Gasteiger partial charge in [-0.2, -0.15) is 0 Å². The summed E-state index contributed by atoms with van der Waals surface area (Å²) < 4.78 is 0. The zero-order valence-electron chi connectivity index (χ0n) is 15.1. The first-order valence-corrected chi connectivity index (χ1v) is 8.74. The third kappa shape index (κ3) is 3.96. The van der Waals surface area contributed by atoms with Crippen LogP contribution in [0.15, 0.2) is 36.4 Å². The number of nitrogens with zero attached hydrogens (tertiary/aromatic N) is 5. The fourth-order valence-electron chi connectivity index (χ4n) is 3.02. The maximum absolute atomic E-state index is 12.8. The van der Waals surface area contributed by atoms with Crippen molar-refractivity contribution >= 4 is 17.4 Å². The van der Waals surface area contributed by atoms with Crippen molar-refractivity contribution in [2.45, 2.75) is 13.8 Å². The van der Waals surface area contributed by atoms with E-state index in [-0.39, 0.29) is 5.91 Å². The van der Waals surface area contributed by atoms with Gasteiger partial charge in [0, 0.05) is 38.4 Å². The van der Waals surface area contributed by atoms with Gasteiger partial charge in [-0.25, -0.2) is 0 Å². The van der Waals surface area contributed by atoms with Crippen molar-refractivity contribution in [2.24, 2.45) is 0 Å². The van der Waals surface area contributed by atoms with Crippen molar-refractivity contribution in [2.75, 3.05) is 49.6 Å². The van der Waals surface area contributed by atoms with E-state index in [1.165, 1.54) is 0 Å². The molecule has 25 heavy (non-hydrogen) atoms. The van der Waals surface area contributed by atoms with Crippen LogP contribution >= 0.6 is 0 Å². The van der Waals surface area contributed by atoms with Crippen LogP contribution < -0.4 is 9.80 Å². The number of rotatable bonds is 4. The number of carbonyl (C=O) groups excluding carboxylic acids is 1. The second-order valence-electron chi connectivity index (χ2n) is 6.46. The van der Waals surface area contributed by atoms with Gasteiger partial charge in [-0.15, -0.1) is 10.2 Å². The van der Waals surface area contributed by atoms with E-state index in [1.54, 1.807) is 11.0 Å². The maximum Gasteiger partial charge on any atom is 0.278 e. The third-order valence-corrected chi connectivity index (χ3v) is 4.57. The van der Waals surface area contributed by atoms with Crippen molar-refractivity contribution in [1.29, 1.82) is 0 Å². The highest BCUT2D eigenvalue weighted by atomic mass is 16.2. The van der Waals surface area contributed by atoms with E-state index in [9.17, 15) is 4.79 Å². The molecule has 0 radical (unpaired) electrons. The van der Waals surface area contributed by atoms with Crippen molar-refractivity contribution in [3.63, 3.8) is 0 Å². The molecule has 0 saturated carbocycles. The smallest absolute Gasteiger partial charge is 0.278 e. The average molecular weight is 339 g/mol. The van der Waals surface area contributed by atoms with Crippen LogP contribution in [-0.2, 0) is 0 Å². The highest BCUT2D eigenvalue weighted by Gasteiger charge is 2.20. The predicted octanol–water partition coefficient (Wildman–Crippen LogP) is 2.20. The lowest BCUT2D eigenvalue weighted by atomic mass is 10.2. The molecule has 3 rings (SSSR count). The Morgan fingerprint density at radius 2 is 1.88 bits per heavy atom. The maximum atomic E-state index is 12.8. The highest BCUT2D eigenvalue weighted by molar-refractivity contribution is 6.04. The normalized spacial score (nSPS) is 15.2. The van der Waals surface area contributed by atoms with Crippen LogP contribution in [0.1, 0.15) is 23.0 Å². The van der Waals surface area contributed by atoms with Gasteiger partial charge in [0.05, 0.1) is 0 Å². The van der Waals surface area contributed by atoms with E-state index >= 15 is 0 Å². The van der Waals surface area contributed by atoms with E-state index in [4.69, 9.17) is 0 Å². The van der Waals surface area contributed by atoms with Gasteiger partial charge in [0.2, 0.25) is 0 Å². The Labute approximate surface area is 149 Å². The van der Waals surface area contributed by atoms with E-state index in [2.05, 4.69) is 27.0 Å². The number of likely N-dealkylation sites (N-methyl/N-ethyl adjacent to an activating group) is 1. The van der Waals surface area contributed by atoms with E-state index in [0.29, 0.717) is 12.2 Å². The molecule has 0 unspecified atom stereocenters. The molecular weight excluding hydrogens is 314 g/mol. The summed E-state index contributed by atoms with van der Waals surface area (Å²) in [6, 6.07) is 11.6. The lowest BCUT2D eigenvalue weighted by Gasteiger charge is -2.32. The van der Waals surface area contributed by atoms with E-state index in [0.717, 1.165) is 43.2 Å². The number of aromatic nitrogens is 2. The third-order valence-electron chi connectivity index (χ3n) is 4.57. The van der Waals surface area contributed by atoms with E-state index < -0.39 is 0 Å². The predicted molar refractivity (Wildman–Crippen MR) is 100 cm³/mol. The monoisotopic (exact) mass is 339 g/mol. The molecule has 132 valence electrons. The number of benzene rings is 1. The number of carbonyl (C=O) groups is 1. The minimum absolute atomic E-state index is 0.120. The SMILES string of the molecule is CCN(C(=O)c1ccc(N2CCN(C)CC2)nn1)c1cccc(C)c1. The lowest BCUT2D eigenvalue weighted by Crippen LogP contribution is -2.45. The zero-order valence-corrected chi connectivity index (χ0v) is 15.1. The molecule has 1 aliphatic rings. The number of piperazine rings is 1. The lowest BCUT2D eigenvalue weighted by molar-refractivity contribution is 0.0982. The molecule has 1 amide bonds. The molecule has 2 heterocycles. The second kappa shape index (κ2) is 7.61. The molecule has 1 aromatic carbocycles.